The number of phosphoric acid groups is 1. The standard InChI is InChI=1S/C40H77O8P/c1-3-5-7-9-11-13-15-17-18-19-20-21-23-25-27-29-31-33-35-40(42)48-38(37-47-49(43,44)45)36-46-39(41)34-32-30-28-26-24-22-16-14-12-10-8-6-4-2/h14,16,38H,3-13,15,17-37H2,1-2H3,(H2,43,44,45)/b16-14+/t38-/m1/s1. The Morgan fingerprint density at radius 2 is 0.857 bits per heavy atom. The highest BCUT2D eigenvalue weighted by molar-refractivity contribution is 7.46. The molecule has 2 N–H and O–H groups in total. The topological polar surface area (TPSA) is 119 Å². The van der Waals surface area contributed by atoms with Crippen LogP contribution in [0.5, 0.6) is 0 Å². The van der Waals surface area contributed by atoms with Gasteiger partial charge in [0.05, 0.1) is 6.61 Å². The molecule has 0 unspecified atom stereocenters. The van der Waals surface area contributed by atoms with Crippen molar-refractivity contribution in [3.63, 3.8) is 0 Å². The minimum atomic E-state index is -4.75. The molecule has 0 radical (unpaired) electrons. The third-order valence-corrected chi connectivity index (χ3v) is 9.52. The van der Waals surface area contributed by atoms with Crippen molar-refractivity contribution in [1.82, 2.24) is 0 Å². The van der Waals surface area contributed by atoms with E-state index < -0.39 is 32.5 Å². The van der Waals surface area contributed by atoms with Gasteiger partial charge in [0.25, 0.3) is 0 Å². The number of hydrogen-bond donors (Lipinski definition) is 2. The third-order valence-electron chi connectivity index (χ3n) is 9.03. The summed E-state index contributed by atoms with van der Waals surface area (Å²) in [5.74, 6) is -0.884. The second kappa shape index (κ2) is 36.6. The average Bonchev–Trinajstić information content (AvgIpc) is 3.07. The lowest BCUT2D eigenvalue weighted by Gasteiger charge is -2.18. The Morgan fingerprint density at radius 3 is 1.27 bits per heavy atom. The van der Waals surface area contributed by atoms with Crippen LogP contribution in [0.2, 0.25) is 0 Å². The molecule has 0 rings (SSSR count). The molecular weight excluding hydrogens is 639 g/mol. The molecule has 8 nitrogen and oxygen atoms in total. The van der Waals surface area contributed by atoms with Gasteiger partial charge in [0.15, 0.2) is 6.10 Å². The van der Waals surface area contributed by atoms with Gasteiger partial charge in [-0.3, -0.25) is 14.1 Å². The third kappa shape index (κ3) is 39.4. The van der Waals surface area contributed by atoms with Gasteiger partial charge in [-0.1, -0.05) is 174 Å². The zero-order valence-corrected chi connectivity index (χ0v) is 32.8. The highest BCUT2D eigenvalue weighted by Gasteiger charge is 2.22. The minimum absolute atomic E-state index is 0.216. The quantitative estimate of drug-likeness (QED) is 0.0280. The lowest BCUT2D eigenvalue weighted by atomic mass is 10.0. The molecule has 0 bridgehead atoms. The van der Waals surface area contributed by atoms with E-state index >= 15 is 0 Å². The Bertz CT molecular complexity index is 812. The van der Waals surface area contributed by atoms with Gasteiger partial charge in [-0.25, -0.2) is 4.57 Å². The second-order valence-corrected chi connectivity index (χ2v) is 15.2. The van der Waals surface area contributed by atoms with Crippen molar-refractivity contribution in [1.29, 1.82) is 0 Å². The number of rotatable bonds is 38. The fraction of sp³-hybridized carbons (Fsp3) is 0.900. The van der Waals surface area contributed by atoms with Gasteiger partial charge in [-0.15, -0.1) is 0 Å². The molecule has 0 fully saturated rings. The number of phosphoric ester groups is 1. The summed E-state index contributed by atoms with van der Waals surface area (Å²) >= 11 is 0. The first-order valence-electron chi connectivity index (χ1n) is 20.5. The van der Waals surface area contributed by atoms with Crippen LogP contribution in [0.25, 0.3) is 0 Å². The monoisotopic (exact) mass is 717 g/mol. The lowest BCUT2D eigenvalue weighted by molar-refractivity contribution is -0.161. The SMILES string of the molecule is CCCCCC/C=C/CCCCCCCC(=O)OC[C@H](COP(=O)(O)O)OC(=O)CCCCCCCCCCCCCCCCCCCC. The molecule has 0 saturated carbocycles. The lowest BCUT2D eigenvalue weighted by Crippen LogP contribution is -2.29. The maximum absolute atomic E-state index is 12.4. The van der Waals surface area contributed by atoms with E-state index in [0.717, 1.165) is 51.4 Å². The van der Waals surface area contributed by atoms with Gasteiger partial charge >= 0.3 is 19.8 Å². The van der Waals surface area contributed by atoms with Crippen LogP contribution in [0.15, 0.2) is 12.2 Å². The van der Waals surface area contributed by atoms with E-state index in [2.05, 4.69) is 30.5 Å². The van der Waals surface area contributed by atoms with Crippen LogP contribution in [0.1, 0.15) is 213 Å². The zero-order valence-electron chi connectivity index (χ0n) is 31.9. The summed E-state index contributed by atoms with van der Waals surface area (Å²) in [6, 6.07) is 0. The molecule has 9 heteroatoms. The molecule has 49 heavy (non-hydrogen) atoms. The van der Waals surface area contributed by atoms with E-state index in [-0.39, 0.29) is 19.4 Å². The first kappa shape index (κ1) is 47.8. The molecule has 0 aromatic carbocycles. The van der Waals surface area contributed by atoms with Crippen LogP contribution >= 0.6 is 7.82 Å². The Kier molecular flexibility index (Phi) is 35.7. The molecule has 0 aromatic heterocycles. The number of unbranched alkanes of at least 4 members (excludes halogenated alkanes) is 26. The van der Waals surface area contributed by atoms with Gasteiger partial charge in [0.2, 0.25) is 0 Å². The Labute approximate surface area is 301 Å². The predicted molar refractivity (Wildman–Crippen MR) is 202 cm³/mol. The highest BCUT2D eigenvalue weighted by Crippen LogP contribution is 2.36. The maximum Gasteiger partial charge on any atom is 0.469 e. The normalized spacial score (nSPS) is 12.5. The van der Waals surface area contributed by atoms with Crippen molar-refractivity contribution in [2.24, 2.45) is 0 Å². The maximum atomic E-state index is 12.4. The Hall–Kier alpha value is -1.21. The van der Waals surface area contributed by atoms with Crippen molar-refractivity contribution in [3.8, 4) is 0 Å². The predicted octanol–water partition coefficient (Wildman–Crippen LogP) is 12.2. The molecular formula is C40H77O8P. The first-order valence-corrected chi connectivity index (χ1v) is 22.0. The van der Waals surface area contributed by atoms with Crippen molar-refractivity contribution in [3.05, 3.63) is 12.2 Å². The highest BCUT2D eigenvalue weighted by atomic mass is 31.2. The van der Waals surface area contributed by atoms with Gasteiger partial charge in [-0.05, 0) is 38.5 Å². The molecule has 0 aliphatic heterocycles. The van der Waals surface area contributed by atoms with E-state index in [1.807, 2.05) is 0 Å². The van der Waals surface area contributed by atoms with Crippen molar-refractivity contribution in [2.45, 2.75) is 219 Å². The molecule has 0 amide bonds. The minimum Gasteiger partial charge on any atom is -0.462 e. The molecule has 1 atom stereocenters. The molecule has 290 valence electrons. The van der Waals surface area contributed by atoms with Crippen LogP contribution in [0.3, 0.4) is 0 Å². The van der Waals surface area contributed by atoms with Crippen LogP contribution in [0, 0.1) is 0 Å². The fourth-order valence-electron chi connectivity index (χ4n) is 5.96. The van der Waals surface area contributed by atoms with Crippen molar-refractivity contribution in [2.75, 3.05) is 13.2 Å². The van der Waals surface area contributed by atoms with Gasteiger partial charge in [-0.2, -0.15) is 0 Å². The molecule has 0 spiro atoms. The van der Waals surface area contributed by atoms with E-state index in [4.69, 9.17) is 19.3 Å². The summed E-state index contributed by atoms with van der Waals surface area (Å²) in [5.41, 5.74) is 0. The number of ether oxygens (including phenoxy) is 2. The van der Waals surface area contributed by atoms with E-state index in [1.54, 1.807) is 0 Å². The first-order chi connectivity index (χ1) is 23.8. The smallest absolute Gasteiger partial charge is 0.462 e. The van der Waals surface area contributed by atoms with E-state index in [1.165, 1.54) is 128 Å². The van der Waals surface area contributed by atoms with Crippen LogP contribution in [-0.4, -0.2) is 41.0 Å². The second-order valence-electron chi connectivity index (χ2n) is 14.0. The molecule has 0 aliphatic rings. The van der Waals surface area contributed by atoms with Gasteiger partial charge < -0.3 is 19.3 Å². The number of carbonyl (C=O) groups excluding carboxylic acids is 2. The van der Waals surface area contributed by atoms with Crippen LogP contribution in [0.4, 0.5) is 0 Å². The summed E-state index contributed by atoms with van der Waals surface area (Å²) in [5, 5.41) is 0. The summed E-state index contributed by atoms with van der Waals surface area (Å²) in [6.07, 6.45) is 39.3. The number of carbonyl (C=O) groups is 2. The Balaban J connectivity index is 3.89. The number of allylic oxidation sites excluding steroid dienone is 2. The summed E-state index contributed by atoms with van der Waals surface area (Å²) in [4.78, 5) is 42.8. The number of hydrogen-bond acceptors (Lipinski definition) is 6. The van der Waals surface area contributed by atoms with Crippen molar-refractivity contribution >= 4 is 19.8 Å². The molecule has 0 heterocycles. The summed E-state index contributed by atoms with van der Waals surface area (Å²) in [7, 11) is -4.75. The van der Waals surface area contributed by atoms with Gasteiger partial charge in [0, 0.05) is 12.8 Å². The van der Waals surface area contributed by atoms with Crippen molar-refractivity contribution < 1.29 is 37.9 Å². The zero-order chi connectivity index (χ0) is 36.1. The fourth-order valence-corrected chi connectivity index (χ4v) is 6.32. The average molecular weight is 717 g/mol. The number of esters is 2. The summed E-state index contributed by atoms with van der Waals surface area (Å²) < 4.78 is 26.3. The Morgan fingerprint density at radius 1 is 0.510 bits per heavy atom. The molecule has 0 aromatic rings. The molecule has 0 aliphatic carbocycles. The molecule has 0 saturated heterocycles. The van der Waals surface area contributed by atoms with E-state index in [0.29, 0.717) is 6.42 Å². The van der Waals surface area contributed by atoms with Crippen LogP contribution < -0.4 is 0 Å². The van der Waals surface area contributed by atoms with Gasteiger partial charge in [0.1, 0.15) is 6.61 Å². The summed E-state index contributed by atoms with van der Waals surface area (Å²) in [6.45, 7) is 3.68. The van der Waals surface area contributed by atoms with E-state index in [9.17, 15) is 14.2 Å². The largest absolute Gasteiger partial charge is 0.469 e. The van der Waals surface area contributed by atoms with Crippen LogP contribution in [-0.2, 0) is 28.2 Å².